The van der Waals surface area contributed by atoms with Gasteiger partial charge in [0.25, 0.3) is 0 Å². The molecule has 1 saturated heterocycles. The van der Waals surface area contributed by atoms with Crippen molar-refractivity contribution in [3.63, 3.8) is 0 Å². The SMILES string of the molecule is Fc1ccc2ncc3c(c2c1)CN(c1ccc(N2CCOCC2)cc1)N3. The van der Waals surface area contributed by atoms with Crippen LogP contribution in [0.4, 0.5) is 21.5 Å². The number of anilines is 3. The Morgan fingerprint density at radius 2 is 1.77 bits per heavy atom. The molecular formula is C20H19FN4O. The molecule has 0 aliphatic carbocycles. The number of hydrogen-bond donors (Lipinski definition) is 1. The predicted molar refractivity (Wildman–Crippen MR) is 101 cm³/mol. The fourth-order valence-corrected chi connectivity index (χ4v) is 3.65. The van der Waals surface area contributed by atoms with Gasteiger partial charge in [0, 0.05) is 29.7 Å². The summed E-state index contributed by atoms with van der Waals surface area (Å²) in [4.78, 5) is 6.76. The van der Waals surface area contributed by atoms with Gasteiger partial charge in [-0.3, -0.25) is 15.4 Å². The maximum absolute atomic E-state index is 13.7. The van der Waals surface area contributed by atoms with Crippen LogP contribution in [0, 0.1) is 5.82 Å². The molecule has 5 rings (SSSR count). The van der Waals surface area contributed by atoms with Gasteiger partial charge in [-0.1, -0.05) is 0 Å². The van der Waals surface area contributed by atoms with Gasteiger partial charge in [-0.05, 0) is 42.5 Å². The summed E-state index contributed by atoms with van der Waals surface area (Å²) < 4.78 is 19.1. The van der Waals surface area contributed by atoms with Crippen LogP contribution in [0.2, 0.25) is 0 Å². The summed E-state index contributed by atoms with van der Waals surface area (Å²) >= 11 is 0. The van der Waals surface area contributed by atoms with Crippen LogP contribution in [0.15, 0.2) is 48.7 Å². The fourth-order valence-electron chi connectivity index (χ4n) is 3.65. The first-order valence-corrected chi connectivity index (χ1v) is 8.82. The molecule has 1 fully saturated rings. The van der Waals surface area contributed by atoms with Crippen molar-refractivity contribution in [3.05, 3.63) is 60.0 Å². The normalized spacial score (nSPS) is 16.7. The Morgan fingerprint density at radius 3 is 2.58 bits per heavy atom. The molecule has 0 atom stereocenters. The van der Waals surface area contributed by atoms with E-state index in [9.17, 15) is 4.39 Å². The Kier molecular flexibility index (Phi) is 3.64. The summed E-state index contributed by atoms with van der Waals surface area (Å²) in [6.07, 6.45) is 1.82. The Morgan fingerprint density at radius 1 is 1.00 bits per heavy atom. The quantitative estimate of drug-likeness (QED) is 0.765. The molecule has 0 unspecified atom stereocenters. The lowest BCUT2D eigenvalue weighted by molar-refractivity contribution is 0.122. The molecule has 2 aliphatic rings. The Labute approximate surface area is 151 Å². The minimum Gasteiger partial charge on any atom is -0.378 e. The molecule has 0 amide bonds. The van der Waals surface area contributed by atoms with E-state index in [1.807, 2.05) is 6.20 Å². The number of nitrogens with one attached hydrogen (secondary N) is 1. The van der Waals surface area contributed by atoms with E-state index >= 15 is 0 Å². The fraction of sp³-hybridized carbons (Fsp3) is 0.250. The first-order valence-electron chi connectivity index (χ1n) is 8.82. The average molecular weight is 350 g/mol. The van der Waals surface area contributed by atoms with Gasteiger partial charge in [0.15, 0.2) is 0 Å². The monoisotopic (exact) mass is 350 g/mol. The van der Waals surface area contributed by atoms with Gasteiger partial charge in [-0.25, -0.2) is 4.39 Å². The minimum absolute atomic E-state index is 0.235. The molecule has 132 valence electrons. The van der Waals surface area contributed by atoms with Crippen molar-refractivity contribution in [2.75, 3.05) is 41.6 Å². The van der Waals surface area contributed by atoms with Gasteiger partial charge in [0.1, 0.15) is 5.82 Å². The van der Waals surface area contributed by atoms with Gasteiger partial charge in [0.05, 0.1) is 42.8 Å². The number of morpholine rings is 1. The highest BCUT2D eigenvalue weighted by atomic mass is 19.1. The molecule has 1 aromatic heterocycles. The van der Waals surface area contributed by atoms with E-state index in [1.54, 1.807) is 12.1 Å². The molecule has 26 heavy (non-hydrogen) atoms. The summed E-state index contributed by atoms with van der Waals surface area (Å²) in [6, 6.07) is 13.2. The van der Waals surface area contributed by atoms with Crippen LogP contribution in [0.1, 0.15) is 5.56 Å². The maximum Gasteiger partial charge on any atom is 0.123 e. The molecule has 0 saturated carbocycles. The first kappa shape index (κ1) is 15.4. The second-order valence-electron chi connectivity index (χ2n) is 6.63. The summed E-state index contributed by atoms with van der Waals surface area (Å²) in [5.74, 6) is -0.235. The number of hydrazine groups is 1. The van der Waals surface area contributed by atoms with E-state index < -0.39 is 0 Å². The number of pyridine rings is 1. The third kappa shape index (κ3) is 2.63. The molecule has 3 heterocycles. The zero-order valence-corrected chi connectivity index (χ0v) is 14.3. The second kappa shape index (κ2) is 6.14. The van der Waals surface area contributed by atoms with Crippen molar-refractivity contribution >= 4 is 28.0 Å². The van der Waals surface area contributed by atoms with Crippen molar-refractivity contribution in [1.29, 1.82) is 0 Å². The molecule has 1 N–H and O–H groups in total. The molecule has 0 radical (unpaired) electrons. The van der Waals surface area contributed by atoms with E-state index in [1.165, 1.54) is 11.8 Å². The van der Waals surface area contributed by atoms with Crippen LogP contribution in [-0.2, 0) is 11.3 Å². The molecule has 3 aromatic rings. The Bertz CT molecular complexity index is 954. The third-order valence-electron chi connectivity index (χ3n) is 5.05. The molecule has 0 bridgehead atoms. The number of rotatable bonds is 2. The number of halogens is 1. The molecule has 0 spiro atoms. The van der Waals surface area contributed by atoms with E-state index in [4.69, 9.17) is 4.74 Å². The summed E-state index contributed by atoms with van der Waals surface area (Å²) in [6.45, 7) is 4.09. The zero-order chi connectivity index (χ0) is 17.5. The Hall–Kier alpha value is -2.86. The average Bonchev–Trinajstić information content (AvgIpc) is 3.14. The zero-order valence-electron chi connectivity index (χ0n) is 14.3. The second-order valence-corrected chi connectivity index (χ2v) is 6.63. The molecule has 5 nitrogen and oxygen atoms in total. The van der Waals surface area contributed by atoms with E-state index in [0.717, 1.165) is 54.1 Å². The lowest BCUT2D eigenvalue weighted by Crippen LogP contribution is -2.36. The topological polar surface area (TPSA) is 40.6 Å². The molecular weight excluding hydrogens is 331 g/mol. The predicted octanol–water partition coefficient (Wildman–Crippen LogP) is 3.56. The van der Waals surface area contributed by atoms with Crippen LogP contribution in [-0.4, -0.2) is 31.3 Å². The van der Waals surface area contributed by atoms with Crippen molar-refractivity contribution in [2.45, 2.75) is 6.54 Å². The van der Waals surface area contributed by atoms with Crippen LogP contribution in [0.3, 0.4) is 0 Å². The first-order chi connectivity index (χ1) is 12.8. The van der Waals surface area contributed by atoms with Crippen molar-refractivity contribution in [2.24, 2.45) is 0 Å². The van der Waals surface area contributed by atoms with E-state index in [0.29, 0.717) is 6.54 Å². The molecule has 6 heteroatoms. The van der Waals surface area contributed by atoms with Crippen molar-refractivity contribution in [3.8, 4) is 0 Å². The number of aromatic nitrogens is 1. The maximum atomic E-state index is 13.7. The number of ether oxygens (including phenoxy) is 1. The molecule has 2 aliphatic heterocycles. The van der Waals surface area contributed by atoms with E-state index in [-0.39, 0.29) is 5.82 Å². The third-order valence-corrected chi connectivity index (χ3v) is 5.05. The van der Waals surface area contributed by atoms with Gasteiger partial charge < -0.3 is 9.64 Å². The Balaban J connectivity index is 1.41. The van der Waals surface area contributed by atoms with Gasteiger partial charge in [-0.2, -0.15) is 0 Å². The highest BCUT2D eigenvalue weighted by Crippen LogP contribution is 2.34. The van der Waals surface area contributed by atoms with Gasteiger partial charge in [-0.15, -0.1) is 0 Å². The number of fused-ring (bicyclic) bond motifs is 3. The van der Waals surface area contributed by atoms with Crippen molar-refractivity contribution < 1.29 is 9.13 Å². The summed E-state index contributed by atoms with van der Waals surface area (Å²) in [5, 5.41) is 2.93. The highest BCUT2D eigenvalue weighted by Gasteiger charge is 2.22. The summed E-state index contributed by atoms with van der Waals surface area (Å²) in [5.41, 5.74) is 8.48. The smallest absolute Gasteiger partial charge is 0.123 e. The largest absolute Gasteiger partial charge is 0.378 e. The van der Waals surface area contributed by atoms with Gasteiger partial charge >= 0.3 is 0 Å². The number of benzene rings is 2. The van der Waals surface area contributed by atoms with Crippen LogP contribution in [0.25, 0.3) is 10.9 Å². The number of nitrogens with zero attached hydrogens (tertiary/aromatic N) is 3. The van der Waals surface area contributed by atoms with Crippen molar-refractivity contribution in [1.82, 2.24) is 4.98 Å². The summed E-state index contributed by atoms with van der Waals surface area (Å²) in [7, 11) is 0. The van der Waals surface area contributed by atoms with Crippen LogP contribution in [0.5, 0.6) is 0 Å². The van der Waals surface area contributed by atoms with Crippen LogP contribution < -0.4 is 15.3 Å². The molecule has 2 aromatic carbocycles. The van der Waals surface area contributed by atoms with Crippen LogP contribution >= 0.6 is 0 Å². The van der Waals surface area contributed by atoms with E-state index in [2.05, 4.69) is 44.6 Å². The highest BCUT2D eigenvalue weighted by molar-refractivity contribution is 5.89. The number of hydrogen-bond acceptors (Lipinski definition) is 5. The lowest BCUT2D eigenvalue weighted by atomic mass is 10.1. The lowest BCUT2D eigenvalue weighted by Gasteiger charge is -2.29. The van der Waals surface area contributed by atoms with Gasteiger partial charge in [0.2, 0.25) is 0 Å². The minimum atomic E-state index is -0.235. The standard InChI is InChI=1S/C20H19FN4O/c21-14-1-6-19-17(11-14)18-13-25(23-20(18)12-22-19)16-4-2-15(3-5-16)24-7-9-26-10-8-24/h1-6,11-12,23H,7-10,13H2.